The van der Waals surface area contributed by atoms with Crippen molar-refractivity contribution < 1.29 is 17.5 Å². The molecule has 1 heterocycles. The van der Waals surface area contributed by atoms with Crippen molar-refractivity contribution in [1.82, 2.24) is 9.78 Å². The second kappa shape index (κ2) is 4.96. The van der Waals surface area contributed by atoms with Gasteiger partial charge in [0.05, 0.1) is 11.9 Å². The summed E-state index contributed by atoms with van der Waals surface area (Å²) in [6, 6.07) is 0.275. The zero-order valence-electron chi connectivity index (χ0n) is 8.32. The van der Waals surface area contributed by atoms with Crippen LogP contribution < -0.4 is 11.5 Å². The minimum Gasteiger partial charge on any atom is -0.394 e. The van der Waals surface area contributed by atoms with E-state index in [1.807, 2.05) is 13.8 Å². The summed E-state index contributed by atoms with van der Waals surface area (Å²) in [4.78, 5) is 0. The topological polar surface area (TPSA) is 144 Å². The molecule has 0 aromatic carbocycles. The highest BCUT2D eigenvalue weighted by Gasteiger charge is 2.05. The Morgan fingerprint density at radius 3 is 1.93 bits per heavy atom. The molecule has 0 saturated carbocycles. The molecular formula is C6H14N4O4S. The lowest BCUT2D eigenvalue weighted by atomic mass is 10.4. The molecule has 1 rings (SSSR count). The number of hydrogen-bond acceptors (Lipinski definition) is 5. The Morgan fingerprint density at radius 2 is 1.80 bits per heavy atom. The molecule has 8 nitrogen and oxygen atoms in total. The fraction of sp³-hybridized carbons (Fsp3) is 0.500. The molecular weight excluding hydrogens is 224 g/mol. The first-order chi connectivity index (χ1) is 6.63. The van der Waals surface area contributed by atoms with Crippen molar-refractivity contribution in [3.63, 3.8) is 0 Å². The maximum atomic E-state index is 8.74. The summed E-state index contributed by atoms with van der Waals surface area (Å²) >= 11 is 0. The maximum Gasteiger partial charge on any atom is 0.394 e. The van der Waals surface area contributed by atoms with Crippen molar-refractivity contribution in [3.05, 3.63) is 6.20 Å². The van der Waals surface area contributed by atoms with Gasteiger partial charge >= 0.3 is 10.4 Å². The van der Waals surface area contributed by atoms with Crippen LogP contribution in [0.5, 0.6) is 0 Å². The molecule has 0 bridgehead atoms. The van der Waals surface area contributed by atoms with E-state index in [4.69, 9.17) is 29.0 Å². The number of rotatable bonds is 1. The van der Waals surface area contributed by atoms with Gasteiger partial charge in [-0.3, -0.25) is 9.11 Å². The van der Waals surface area contributed by atoms with Crippen molar-refractivity contribution in [2.45, 2.75) is 19.9 Å². The van der Waals surface area contributed by atoms with Gasteiger partial charge < -0.3 is 11.5 Å². The summed E-state index contributed by atoms with van der Waals surface area (Å²) < 4.78 is 33.3. The van der Waals surface area contributed by atoms with Gasteiger partial charge in [-0.05, 0) is 13.8 Å². The van der Waals surface area contributed by atoms with Crippen molar-refractivity contribution in [1.29, 1.82) is 0 Å². The van der Waals surface area contributed by atoms with Gasteiger partial charge in [-0.1, -0.05) is 0 Å². The summed E-state index contributed by atoms with van der Waals surface area (Å²) in [6.45, 7) is 4.01. The summed E-state index contributed by atoms with van der Waals surface area (Å²) in [6.07, 6.45) is 1.56. The second-order valence-corrected chi connectivity index (χ2v) is 3.87. The van der Waals surface area contributed by atoms with Gasteiger partial charge in [0.2, 0.25) is 0 Å². The Morgan fingerprint density at radius 1 is 1.40 bits per heavy atom. The van der Waals surface area contributed by atoms with E-state index in [9.17, 15) is 0 Å². The van der Waals surface area contributed by atoms with Crippen molar-refractivity contribution in [2.24, 2.45) is 0 Å². The van der Waals surface area contributed by atoms with Crippen LogP contribution >= 0.6 is 0 Å². The quantitative estimate of drug-likeness (QED) is 0.503. The smallest absolute Gasteiger partial charge is 0.394 e. The van der Waals surface area contributed by atoms with E-state index < -0.39 is 10.4 Å². The molecule has 0 fully saturated rings. The molecule has 6 N–H and O–H groups in total. The van der Waals surface area contributed by atoms with Crippen LogP contribution in [0.4, 0.5) is 11.5 Å². The SMILES string of the molecule is CC(C)n1ncc(N)c1N.O=S(=O)(O)O. The molecule has 0 atom stereocenters. The Hall–Kier alpha value is -1.32. The minimum absolute atomic E-state index is 0.275. The van der Waals surface area contributed by atoms with Crippen LogP contribution in [0.1, 0.15) is 19.9 Å². The third-order valence-corrected chi connectivity index (χ3v) is 1.35. The first kappa shape index (κ1) is 13.7. The van der Waals surface area contributed by atoms with Crippen molar-refractivity contribution in [2.75, 3.05) is 11.5 Å². The van der Waals surface area contributed by atoms with Crippen molar-refractivity contribution in [3.8, 4) is 0 Å². The average molecular weight is 238 g/mol. The minimum atomic E-state index is -4.67. The van der Waals surface area contributed by atoms with E-state index in [1.54, 1.807) is 10.9 Å². The van der Waals surface area contributed by atoms with Gasteiger partial charge in [-0.15, -0.1) is 0 Å². The number of nitrogen functional groups attached to an aromatic ring is 2. The number of anilines is 2. The number of nitrogens with two attached hydrogens (primary N) is 2. The molecule has 15 heavy (non-hydrogen) atoms. The highest BCUT2D eigenvalue weighted by Crippen LogP contribution is 2.16. The summed E-state index contributed by atoms with van der Waals surface area (Å²) in [5, 5.41) is 3.98. The van der Waals surface area contributed by atoms with Crippen LogP contribution in [-0.4, -0.2) is 27.3 Å². The highest BCUT2D eigenvalue weighted by atomic mass is 32.3. The van der Waals surface area contributed by atoms with E-state index in [1.165, 1.54) is 0 Å². The van der Waals surface area contributed by atoms with E-state index >= 15 is 0 Å². The lowest BCUT2D eigenvalue weighted by molar-refractivity contribution is 0.381. The number of hydrogen-bond donors (Lipinski definition) is 4. The van der Waals surface area contributed by atoms with E-state index in [0.717, 1.165) is 0 Å². The third-order valence-electron chi connectivity index (χ3n) is 1.35. The molecule has 0 aliphatic carbocycles. The van der Waals surface area contributed by atoms with Gasteiger partial charge in [0.1, 0.15) is 5.82 Å². The van der Waals surface area contributed by atoms with Gasteiger partial charge in [-0.25, -0.2) is 4.68 Å². The van der Waals surface area contributed by atoms with Crippen LogP contribution in [0.2, 0.25) is 0 Å². The first-order valence-corrected chi connectivity index (χ1v) is 5.31. The van der Waals surface area contributed by atoms with Gasteiger partial charge in [0.25, 0.3) is 0 Å². The second-order valence-electron chi connectivity index (χ2n) is 2.97. The molecule has 88 valence electrons. The Labute approximate surface area is 87.5 Å². The lowest BCUT2D eigenvalue weighted by Crippen LogP contribution is -2.07. The van der Waals surface area contributed by atoms with Crippen LogP contribution in [-0.2, 0) is 10.4 Å². The van der Waals surface area contributed by atoms with E-state index in [2.05, 4.69) is 5.10 Å². The normalized spacial score (nSPS) is 11.0. The van der Waals surface area contributed by atoms with Gasteiger partial charge in [-0.2, -0.15) is 13.5 Å². The van der Waals surface area contributed by atoms with Crippen LogP contribution in [0.25, 0.3) is 0 Å². The summed E-state index contributed by atoms with van der Waals surface area (Å²) in [7, 11) is -4.67. The molecule has 0 amide bonds. The lowest BCUT2D eigenvalue weighted by Gasteiger charge is -2.06. The van der Waals surface area contributed by atoms with Gasteiger partial charge in [0.15, 0.2) is 0 Å². The molecule has 0 radical (unpaired) electrons. The molecule has 1 aromatic heterocycles. The standard InChI is InChI=1S/C6H12N4.H2O4S/c1-4(2)10-6(8)5(7)3-9-10;1-5(2,3)4/h3-4H,7-8H2,1-2H3;(H2,1,2,3,4). The predicted octanol–water partition coefficient (Wildman–Crippen LogP) is -0.0244. The predicted molar refractivity (Wildman–Crippen MR) is 55.6 cm³/mol. The Balaban J connectivity index is 0.000000336. The van der Waals surface area contributed by atoms with Gasteiger partial charge in [0, 0.05) is 6.04 Å². The number of aromatic nitrogens is 2. The maximum absolute atomic E-state index is 8.74. The van der Waals surface area contributed by atoms with E-state index in [-0.39, 0.29) is 6.04 Å². The molecule has 9 heteroatoms. The summed E-state index contributed by atoms with van der Waals surface area (Å²) in [5.41, 5.74) is 11.6. The zero-order chi connectivity index (χ0) is 12.2. The highest BCUT2D eigenvalue weighted by molar-refractivity contribution is 7.79. The average Bonchev–Trinajstić information content (AvgIpc) is 2.29. The van der Waals surface area contributed by atoms with E-state index in [0.29, 0.717) is 11.5 Å². The molecule has 0 aliphatic rings. The largest absolute Gasteiger partial charge is 0.394 e. The van der Waals surface area contributed by atoms with Crippen LogP contribution in [0.15, 0.2) is 6.20 Å². The first-order valence-electron chi connectivity index (χ1n) is 3.91. The Bertz CT molecular complexity index is 403. The molecule has 0 spiro atoms. The van der Waals surface area contributed by atoms with Crippen LogP contribution in [0.3, 0.4) is 0 Å². The number of nitrogens with zero attached hydrogens (tertiary/aromatic N) is 2. The molecule has 1 aromatic rings. The third kappa shape index (κ3) is 5.88. The molecule has 0 unspecified atom stereocenters. The zero-order valence-corrected chi connectivity index (χ0v) is 9.14. The Kier molecular flexibility index (Phi) is 4.52. The fourth-order valence-corrected chi connectivity index (χ4v) is 0.797. The molecule has 0 aliphatic heterocycles. The van der Waals surface area contributed by atoms with Crippen molar-refractivity contribution >= 4 is 21.9 Å². The molecule has 0 saturated heterocycles. The fourth-order valence-electron chi connectivity index (χ4n) is 0.797. The monoisotopic (exact) mass is 238 g/mol. The summed E-state index contributed by atoms with van der Waals surface area (Å²) in [5.74, 6) is 0.551. The van der Waals surface area contributed by atoms with Crippen LogP contribution in [0, 0.1) is 0 Å².